The van der Waals surface area contributed by atoms with Crippen LogP contribution in [0.4, 0.5) is 10.1 Å². The second-order valence-corrected chi connectivity index (χ2v) is 3.84. The van der Waals surface area contributed by atoms with Gasteiger partial charge in [-0.15, -0.1) is 0 Å². The largest absolute Gasteiger partial charge is 0.488 e. The van der Waals surface area contributed by atoms with E-state index in [9.17, 15) is 9.18 Å². The highest BCUT2D eigenvalue weighted by molar-refractivity contribution is 6.58. The smallest absolute Gasteiger partial charge is 0.423 e. The molecule has 1 aromatic heterocycles. The van der Waals surface area contributed by atoms with Crippen LogP contribution in [0, 0.1) is 5.82 Å². The Morgan fingerprint density at radius 3 is 2.53 bits per heavy atom. The molecule has 0 saturated heterocycles. The van der Waals surface area contributed by atoms with Gasteiger partial charge < -0.3 is 15.4 Å². The number of benzene rings is 1. The molecule has 0 atom stereocenters. The zero-order valence-electron chi connectivity index (χ0n) is 9.75. The Bertz CT molecular complexity index is 593. The molecule has 19 heavy (non-hydrogen) atoms. The van der Waals surface area contributed by atoms with Crippen LogP contribution in [-0.4, -0.2) is 28.1 Å². The average molecular weight is 260 g/mol. The van der Waals surface area contributed by atoms with Crippen molar-refractivity contribution >= 4 is 24.2 Å². The summed E-state index contributed by atoms with van der Waals surface area (Å²) in [5.74, 6) is -1.27. The van der Waals surface area contributed by atoms with Gasteiger partial charge in [-0.1, -0.05) is 0 Å². The first-order valence-corrected chi connectivity index (χ1v) is 5.44. The van der Waals surface area contributed by atoms with Crippen molar-refractivity contribution in [2.24, 2.45) is 0 Å². The van der Waals surface area contributed by atoms with E-state index >= 15 is 0 Å². The van der Waals surface area contributed by atoms with Crippen LogP contribution < -0.4 is 10.8 Å². The molecule has 1 heterocycles. The molecule has 2 rings (SSSR count). The van der Waals surface area contributed by atoms with Crippen molar-refractivity contribution in [3.63, 3.8) is 0 Å². The number of anilines is 1. The molecule has 1 aromatic carbocycles. The second-order valence-electron chi connectivity index (χ2n) is 3.84. The van der Waals surface area contributed by atoms with Gasteiger partial charge in [-0.3, -0.25) is 9.78 Å². The molecule has 5 nitrogen and oxygen atoms in total. The average Bonchev–Trinajstić information content (AvgIpc) is 2.39. The van der Waals surface area contributed by atoms with Crippen molar-refractivity contribution in [2.75, 3.05) is 5.32 Å². The molecular formula is C12H10BFN2O3. The van der Waals surface area contributed by atoms with E-state index in [4.69, 9.17) is 10.0 Å². The third kappa shape index (κ3) is 3.37. The molecule has 0 aliphatic heterocycles. The van der Waals surface area contributed by atoms with Gasteiger partial charge >= 0.3 is 7.12 Å². The minimum Gasteiger partial charge on any atom is -0.423 e. The van der Waals surface area contributed by atoms with Gasteiger partial charge in [0.15, 0.2) is 0 Å². The summed E-state index contributed by atoms with van der Waals surface area (Å²) in [4.78, 5) is 15.7. The number of nitrogens with one attached hydrogen (secondary N) is 1. The molecule has 3 N–H and O–H groups in total. The summed E-state index contributed by atoms with van der Waals surface area (Å²) in [6.45, 7) is 0. The SMILES string of the molecule is O=C(Nc1ccncc1)c1cc(F)cc(B(O)O)c1. The number of halogens is 1. The summed E-state index contributed by atoms with van der Waals surface area (Å²) in [7, 11) is -1.83. The molecule has 0 saturated carbocycles. The molecule has 0 aliphatic carbocycles. The minimum absolute atomic E-state index is 0.0000813. The Morgan fingerprint density at radius 2 is 1.89 bits per heavy atom. The number of amides is 1. The fraction of sp³-hybridized carbons (Fsp3) is 0. The van der Waals surface area contributed by atoms with E-state index in [1.165, 1.54) is 18.5 Å². The fourth-order valence-corrected chi connectivity index (χ4v) is 1.53. The van der Waals surface area contributed by atoms with Crippen LogP contribution in [0.5, 0.6) is 0 Å². The molecule has 0 radical (unpaired) electrons. The molecule has 0 aliphatic rings. The summed E-state index contributed by atoms with van der Waals surface area (Å²) < 4.78 is 13.3. The van der Waals surface area contributed by atoms with E-state index < -0.39 is 18.8 Å². The maximum Gasteiger partial charge on any atom is 0.488 e. The molecule has 0 fully saturated rings. The second kappa shape index (κ2) is 5.60. The van der Waals surface area contributed by atoms with Gasteiger partial charge in [0.25, 0.3) is 5.91 Å². The Labute approximate surface area is 108 Å². The minimum atomic E-state index is -1.83. The highest BCUT2D eigenvalue weighted by atomic mass is 19.1. The first-order valence-electron chi connectivity index (χ1n) is 5.44. The van der Waals surface area contributed by atoms with Crippen molar-refractivity contribution in [2.45, 2.75) is 0 Å². The van der Waals surface area contributed by atoms with Crippen molar-refractivity contribution in [3.05, 3.63) is 54.1 Å². The van der Waals surface area contributed by atoms with Gasteiger partial charge in [-0.25, -0.2) is 4.39 Å². The third-order valence-electron chi connectivity index (χ3n) is 2.42. The van der Waals surface area contributed by atoms with Crippen molar-refractivity contribution in [1.82, 2.24) is 4.98 Å². The van der Waals surface area contributed by atoms with Crippen LogP contribution in [0.3, 0.4) is 0 Å². The number of hydrogen-bond acceptors (Lipinski definition) is 4. The Kier molecular flexibility index (Phi) is 3.89. The maximum absolute atomic E-state index is 13.3. The van der Waals surface area contributed by atoms with E-state index in [1.54, 1.807) is 12.1 Å². The van der Waals surface area contributed by atoms with Crippen LogP contribution in [0.2, 0.25) is 0 Å². The highest BCUT2D eigenvalue weighted by Crippen LogP contribution is 2.08. The highest BCUT2D eigenvalue weighted by Gasteiger charge is 2.16. The van der Waals surface area contributed by atoms with Crippen LogP contribution in [0.1, 0.15) is 10.4 Å². The van der Waals surface area contributed by atoms with E-state index in [0.29, 0.717) is 5.69 Å². The molecule has 2 aromatic rings. The first kappa shape index (κ1) is 13.2. The van der Waals surface area contributed by atoms with Crippen LogP contribution in [0.25, 0.3) is 0 Å². The quantitative estimate of drug-likeness (QED) is 0.686. The number of carbonyl (C=O) groups is 1. The lowest BCUT2D eigenvalue weighted by molar-refractivity contribution is 0.102. The summed E-state index contributed by atoms with van der Waals surface area (Å²) in [6.07, 6.45) is 3.01. The van der Waals surface area contributed by atoms with Gasteiger partial charge in [0, 0.05) is 23.6 Å². The zero-order valence-corrected chi connectivity index (χ0v) is 9.75. The Morgan fingerprint density at radius 1 is 1.21 bits per heavy atom. The summed E-state index contributed by atoms with van der Waals surface area (Å²) in [6, 6.07) is 6.35. The van der Waals surface area contributed by atoms with Gasteiger partial charge in [0.05, 0.1) is 0 Å². The molecule has 0 unspecified atom stereocenters. The normalized spacial score (nSPS) is 10.1. The number of rotatable bonds is 3. The van der Waals surface area contributed by atoms with Gasteiger partial charge in [-0.2, -0.15) is 0 Å². The zero-order chi connectivity index (χ0) is 13.8. The van der Waals surface area contributed by atoms with E-state index in [2.05, 4.69) is 10.3 Å². The van der Waals surface area contributed by atoms with Gasteiger partial charge in [0.1, 0.15) is 5.82 Å². The van der Waals surface area contributed by atoms with E-state index in [-0.39, 0.29) is 11.0 Å². The lowest BCUT2D eigenvalue weighted by atomic mass is 9.79. The van der Waals surface area contributed by atoms with E-state index in [0.717, 1.165) is 12.1 Å². The molecule has 0 bridgehead atoms. The number of carbonyl (C=O) groups excluding carboxylic acids is 1. The van der Waals surface area contributed by atoms with Crippen molar-refractivity contribution in [1.29, 1.82) is 0 Å². The topological polar surface area (TPSA) is 82.5 Å². The predicted molar refractivity (Wildman–Crippen MR) is 68.4 cm³/mol. The fourth-order valence-electron chi connectivity index (χ4n) is 1.53. The van der Waals surface area contributed by atoms with E-state index in [1.807, 2.05) is 0 Å². The molecule has 7 heteroatoms. The molecule has 96 valence electrons. The Balaban J connectivity index is 2.24. The lowest BCUT2D eigenvalue weighted by Crippen LogP contribution is -2.31. The Hall–Kier alpha value is -2.25. The van der Waals surface area contributed by atoms with Crippen LogP contribution in [-0.2, 0) is 0 Å². The molecular weight excluding hydrogens is 250 g/mol. The number of pyridine rings is 1. The molecule has 1 amide bonds. The van der Waals surface area contributed by atoms with Crippen molar-refractivity contribution in [3.8, 4) is 0 Å². The predicted octanol–water partition coefficient (Wildman–Crippen LogP) is 0.153. The van der Waals surface area contributed by atoms with Gasteiger partial charge in [-0.05, 0) is 35.8 Å². The van der Waals surface area contributed by atoms with Gasteiger partial charge in [0.2, 0.25) is 0 Å². The van der Waals surface area contributed by atoms with Crippen LogP contribution >= 0.6 is 0 Å². The summed E-state index contributed by atoms with van der Waals surface area (Å²) in [5.41, 5.74) is 0.426. The first-order chi connectivity index (χ1) is 9.06. The number of aromatic nitrogens is 1. The monoisotopic (exact) mass is 260 g/mol. The van der Waals surface area contributed by atoms with Crippen LogP contribution in [0.15, 0.2) is 42.7 Å². The number of hydrogen-bond donors (Lipinski definition) is 3. The summed E-state index contributed by atoms with van der Waals surface area (Å²) in [5, 5.41) is 20.5. The molecule has 0 spiro atoms. The maximum atomic E-state index is 13.3. The third-order valence-corrected chi connectivity index (χ3v) is 2.42. The lowest BCUT2D eigenvalue weighted by Gasteiger charge is -2.07. The van der Waals surface area contributed by atoms with Crippen molar-refractivity contribution < 1.29 is 19.2 Å². The number of nitrogens with zero attached hydrogens (tertiary/aromatic N) is 1. The summed E-state index contributed by atoms with van der Waals surface area (Å²) >= 11 is 0. The standard InChI is InChI=1S/C12H10BFN2O3/c14-10-6-8(5-9(7-10)13(18)19)12(17)16-11-1-3-15-4-2-11/h1-7,18-19H,(H,15,16,17).